The largest absolute Gasteiger partial charge is 0.478 e. The number of aryl methyl sites for hydroxylation is 1. The number of carboxylic acids is 1. The van der Waals surface area contributed by atoms with E-state index in [1.807, 2.05) is 0 Å². The second-order valence-electron chi connectivity index (χ2n) is 4.64. The Hall–Kier alpha value is -2.23. The lowest BCUT2D eigenvalue weighted by Gasteiger charge is -2.12. The van der Waals surface area contributed by atoms with Gasteiger partial charge in [0.25, 0.3) is 5.92 Å². The summed E-state index contributed by atoms with van der Waals surface area (Å²) in [7, 11) is 0. The highest BCUT2D eigenvalue weighted by Gasteiger charge is 2.44. The molecule has 0 amide bonds. The van der Waals surface area contributed by atoms with Gasteiger partial charge >= 0.3 is 5.97 Å². The minimum absolute atomic E-state index is 0.0191. The van der Waals surface area contributed by atoms with E-state index in [0.29, 0.717) is 11.1 Å². The van der Waals surface area contributed by atoms with Crippen molar-refractivity contribution in [3.8, 4) is 11.1 Å². The van der Waals surface area contributed by atoms with Gasteiger partial charge in [0.1, 0.15) is 0 Å². The van der Waals surface area contributed by atoms with E-state index < -0.39 is 11.9 Å². The first-order valence-electron chi connectivity index (χ1n) is 5.79. The molecule has 0 aliphatic heterocycles. The van der Waals surface area contributed by atoms with Crippen LogP contribution in [0.2, 0.25) is 0 Å². The Labute approximate surface area is 108 Å². The fourth-order valence-corrected chi connectivity index (χ4v) is 2.59. The number of fused-ring (bicyclic) bond motifs is 3. The zero-order valence-corrected chi connectivity index (χ0v) is 10.1. The molecule has 4 heteroatoms. The van der Waals surface area contributed by atoms with Gasteiger partial charge in [0, 0.05) is 11.1 Å². The van der Waals surface area contributed by atoms with Crippen molar-refractivity contribution in [3.05, 3.63) is 58.7 Å². The molecule has 0 radical (unpaired) electrons. The molecule has 19 heavy (non-hydrogen) atoms. The van der Waals surface area contributed by atoms with Gasteiger partial charge in [0.2, 0.25) is 0 Å². The number of carboxylic acid groups (broad SMARTS) is 1. The first-order valence-corrected chi connectivity index (χ1v) is 5.79. The third-order valence-electron chi connectivity index (χ3n) is 3.49. The van der Waals surface area contributed by atoms with Gasteiger partial charge in [-0.15, -0.1) is 0 Å². The van der Waals surface area contributed by atoms with Crippen LogP contribution in [0.4, 0.5) is 8.78 Å². The second kappa shape index (κ2) is 3.63. The number of rotatable bonds is 1. The number of carbonyl (C=O) groups is 1. The molecule has 0 saturated carbocycles. The Bertz CT molecular complexity index is 705. The van der Waals surface area contributed by atoms with Crippen LogP contribution in [0, 0.1) is 6.92 Å². The van der Waals surface area contributed by atoms with Crippen molar-refractivity contribution < 1.29 is 18.7 Å². The lowest BCUT2D eigenvalue weighted by atomic mass is 9.99. The number of benzene rings is 2. The Morgan fingerprint density at radius 1 is 1.16 bits per heavy atom. The van der Waals surface area contributed by atoms with E-state index in [0.717, 1.165) is 5.56 Å². The van der Waals surface area contributed by atoms with Gasteiger partial charge in [-0.2, -0.15) is 8.78 Å². The summed E-state index contributed by atoms with van der Waals surface area (Å²) in [5.41, 5.74) is 1.33. The van der Waals surface area contributed by atoms with E-state index in [4.69, 9.17) is 5.11 Å². The number of aromatic carboxylic acids is 1. The molecule has 0 aromatic heterocycles. The molecule has 0 heterocycles. The van der Waals surface area contributed by atoms with Crippen molar-refractivity contribution in [3.63, 3.8) is 0 Å². The highest BCUT2D eigenvalue weighted by Crippen LogP contribution is 2.52. The third kappa shape index (κ3) is 1.49. The molecule has 2 nitrogen and oxygen atoms in total. The maximum Gasteiger partial charge on any atom is 0.335 e. The van der Waals surface area contributed by atoms with Crippen LogP contribution in [0.1, 0.15) is 27.0 Å². The fourth-order valence-electron chi connectivity index (χ4n) is 2.59. The first-order chi connectivity index (χ1) is 8.93. The van der Waals surface area contributed by atoms with E-state index in [1.165, 1.54) is 24.3 Å². The molecule has 1 aliphatic carbocycles. The molecule has 3 rings (SSSR count). The smallest absolute Gasteiger partial charge is 0.335 e. The summed E-state index contributed by atoms with van der Waals surface area (Å²) in [5.74, 6) is -4.18. The van der Waals surface area contributed by atoms with Crippen molar-refractivity contribution in [2.75, 3.05) is 0 Å². The summed E-state index contributed by atoms with van der Waals surface area (Å²) in [6.45, 7) is 1.75. The van der Waals surface area contributed by atoms with Crippen LogP contribution in [-0.4, -0.2) is 11.1 Å². The van der Waals surface area contributed by atoms with Gasteiger partial charge in [-0.05, 0) is 35.7 Å². The first kappa shape index (κ1) is 11.8. The minimum atomic E-state index is -3.06. The fraction of sp³-hybridized carbons (Fsp3) is 0.133. The molecule has 0 atom stereocenters. The topological polar surface area (TPSA) is 37.3 Å². The van der Waals surface area contributed by atoms with E-state index in [2.05, 4.69) is 0 Å². The SMILES string of the molecule is Cc1cccc2c1-c1cc(C(=O)O)ccc1C2(F)F. The normalized spacial score (nSPS) is 14.9. The molecule has 0 saturated heterocycles. The molecule has 0 unspecified atom stereocenters. The molecular formula is C15H10F2O2. The van der Waals surface area contributed by atoms with E-state index >= 15 is 0 Å². The summed E-state index contributed by atoms with van der Waals surface area (Å²) >= 11 is 0. The van der Waals surface area contributed by atoms with E-state index in [-0.39, 0.29) is 16.7 Å². The molecule has 2 aromatic carbocycles. The van der Waals surface area contributed by atoms with Crippen LogP contribution in [0.15, 0.2) is 36.4 Å². The van der Waals surface area contributed by atoms with Gasteiger partial charge in [-0.3, -0.25) is 0 Å². The summed E-state index contributed by atoms with van der Waals surface area (Å²) in [4.78, 5) is 11.0. The molecule has 1 aliphatic rings. The van der Waals surface area contributed by atoms with Gasteiger partial charge < -0.3 is 5.11 Å². The van der Waals surface area contributed by atoms with Crippen molar-refractivity contribution in [1.82, 2.24) is 0 Å². The summed E-state index contributed by atoms with van der Waals surface area (Å²) < 4.78 is 28.6. The Morgan fingerprint density at radius 3 is 2.58 bits per heavy atom. The predicted octanol–water partition coefficient (Wildman–Crippen LogP) is 3.81. The lowest BCUT2D eigenvalue weighted by molar-refractivity contribution is 0.0478. The number of hydrogen-bond donors (Lipinski definition) is 1. The molecule has 0 bridgehead atoms. The molecule has 0 fully saturated rings. The number of alkyl halides is 2. The third-order valence-corrected chi connectivity index (χ3v) is 3.49. The van der Waals surface area contributed by atoms with Crippen molar-refractivity contribution in [1.29, 1.82) is 0 Å². The highest BCUT2D eigenvalue weighted by molar-refractivity contribution is 5.92. The van der Waals surface area contributed by atoms with Crippen molar-refractivity contribution >= 4 is 5.97 Å². The maximum atomic E-state index is 14.3. The summed E-state index contributed by atoms with van der Waals surface area (Å²) in [5, 5.41) is 8.98. The standard InChI is InChI=1S/C15H10F2O2/c1-8-3-2-4-12-13(8)10-7-9(14(18)19)5-6-11(10)15(12,16)17/h2-7H,1H3,(H,18,19). The van der Waals surface area contributed by atoms with Gasteiger partial charge in [0.15, 0.2) is 0 Å². The number of halogens is 2. The van der Waals surface area contributed by atoms with E-state index in [1.54, 1.807) is 19.1 Å². The zero-order valence-electron chi connectivity index (χ0n) is 10.1. The molecule has 2 aromatic rings. The van der Waals surface area contributed by atoms with Gasteiger partial charge in [0.05, 0.1) is 5.56 Å². The molecule has 96 valence electrons. The summed E-state index contributed by atoms with van der Waals surface area (Å²) in [6, 6.07) is 8.48. The van der Waals surface area contributed by atoms with Crippen LogP contribution < -0.4 is 0 Å². The monoisotopic (exact) mass is 260 g/mol. The lowest BCUT2D eigenvalue weighted by Crippen LogP contribution is -2.11. The quantitative estimate of drug-likeness (QED) is 0.846. The minimum Gasteiger partial charge on any atom is -0.478 e. The van der Waals surface area contributed by atoms with Gasteiger partial charge in [-0.1, -0.05) is 24.3 Å². The predicted molar refractivity (Wildman–Crippen MR) is 66.6 cm³/mol. The maximum absolute atomic E-state index is 14.3. The summed E-state index contributed by atoms with van der Waals surface area (Å²) in [6.07, 6.45) is 0. The van der Waals surface area contributed by atoms with Crippen LogP contribution in [0.25, 0.3) is 11.1 Å². The number of hydrogen-bond acceptors (Lipinski definition) is 1. The van der Waals surface area contributed by atoms with Crippen LogP contribution in [0.3, 0.4) is 0 Å². The molecular weight excluding hydrogens is 250 g/mol. The average Bonchev–Trinajstić information content (AvgIpc) is 2.59. The highest BCUT2D eigenvalue weighted by atomic mass is 19.3. The molecule has 0 spiro atoms. The van der Waals surface area contributed by atoms with Crippen LogP contribution >= 0.6 is 0 Å². The van der Waals surface area contributed by atoms with E-state index in [9.17, 15) is 13.6 Å². The van der Waals surface area contributed by atoms with Crippen molar-refractivity contribution in [2.45, 2.75) is 12.8 Å². The molecule has 1 N–H and O–H groups in total. The van der Waals surface area contributed by atoms with Gasteiger partial charge in [-0.25, -0.2) is 4.79 Å². The zero-order chi connectivity index (χ0) is 13.8. The second-order valence-corrected chi connectivity index (χ2v) is 4.64. The Morgan fingerprint density at radius 2 is 1.89 bits per heavy atom. The average molecular weight is 260 g/mol. The Balaban J connectivity index is 2.38. The Kier molecular flexibility index (Phi) is 2.26. The van der Waals surface area contributed by atoms with Crippen LogP contribution in [-0.2, 0) is 5.92 Å². The van der Waals surface area contributed by atoms with Crippen LogP contribution in [0.5, 0.6) is 0 Å². The van der Waals surface area contributed by atoms with Crippen molar-refractivity contribution in [2.24, 2.45) is 0 Å².